The quantitative estimate of drug-likeness (QED) is 0.929. The molecule has 0 bridgehead atoms. The first-order valence-electron chi connectivity index (χ1n) is 5.02. The van der Waals surface area contributed by atoms with Crippen molar-refractivity contribution in [1.82, 2.24) is 9.36 Å². The third kappa shape index (κ3) is 3.28. The topological polar surface area (TPSA) is 46.0 Å². The van der Waals surface area contributed by atoms with Gasteiger partial charge in [-0.25, -0.2) is 4.98 Å². The minimum Gasteiger partial charge on any atom is -0.389 e. The Labute approximate surface area is 117 Å². The van der Waals surface area contributed by atoms with Gasteiger partial charge in [-0.2, -0.15) is 4.37 Å². The van der Waals surface area contributed by atoms with Gasteiger partial charge in [-0.05, 0) is 59.0 Å². The van der Waals surface area contributed by atoms with Crippen LogP contribution < -0.4 is 0 Å². The SMILES string of the molecule is Cc1nsc(Sc2ccc([C@H](C)O)cc2Br)n1. The van der Waals surface area contributed by atoms with Gasteiger partial charge >= 0.3 is 0 Å². The van der Waals surface area contributed by atoms with Gasteiger partial charge in [0.25, 0.3) is 0 Å². The normalized spacial score (nSPS) is 12.7. The number of benzene rings is 1. The summed E-state index contributed by atoms with van der Waals surface area (Å²) in [6, 6.07) is 5.83. The molecule has 0 aliphatic rings. The van der Waals surface area contributed by atoms with E-state index in [9.17, 15) is 5.11 Å². The Morgan fingerprint density at radius 2 is 2.24 bits per heavy atom. The summed E-state index contributed by atoms with van der Waals surface area (Å²) in [5.74, 6) is 0.800. The summed E-state index contributed by atoms with van der Waals surface area (Å²) in [4.78, 5) is 5.38. The second kappa shape index (κ2) is 5.48. The van der Waals surface area contributed by atoms with Crippen molar-refractivity contribution in [3.63, 3.8) is 0 Å². The van der Waals surface area contributed by atoms with Crippen LogP contribution in [0, 0.1) is 6.92 Å². The van der Waals surface area contributed by atoms with E-state index < -0.39 is 6.10 Å². The third-order valence-electron chi connectivity index (χ3n) is 2.14. The highest BCUT2D eigenvalue weighted by atomic mass is 79.9. The van der Waals surface area contributed by atoms with Crippen molar-refractivity contribution in [2.45, 2.75) is 29.2 Å². The molecule has 0 aliphatic heterocycles. The monoisotopic (exact) mass is 330 g/mol. The summed E-state index contributed by atoms with van der Waals surface area (Å²) in [6.07, 6.45) is -0.450. The largest absolute Gasteiger partial charge is 0.389 e. The highest BCUT2D eigenvalue weighted by molar-refractivity contribution is 9.10. The molecule has 0 saturated carbocycles. The van der Waals surface area contributed by atoms with Crippen LogP contribution in [-0.2, 0) is 0 Å². The molecule has 0 fully saturated rings. The first-order valence-corrected chi connectivity index (χ1v) is 7.40. The smallest absolute Gasteiger partial charge is 0.174 e. The van der Waals surface area contributed by atoms with Gasteiger partial charge in [0.1, 0.15) is 5.82 Å². The summed E-state index contributed by atoms with van der Waals surface area (Å²) in [5.41, 5.74) is 0.898. The molecule has 1 heterocycles. The molecule has 17 heavy (non-hydrogen) atoms. The van der Waals surface area contributed by atoms with E-state index in [0.717, 1.165) is 25.1 Å². The van der Waals surface area contributed by atoms with Crippen LogP contribution >= 0.6 is 39.2 Å². The lowest BCUT2D eigenvalue weighted by Crippen LogP contribution is -1.90. The molecular formula is C11H11BrN2OS2. The Morgan fingerprint density at radius 1 is 1.47 bits per heavy atom. The first kappa shape index (κ1) is 13.0. The second-order valence-corrected chi connectivity index (χ2v) is 6.47. The van der Waals surface area contributed by atoms with Crippen LogP contribution in [0.4, 0.5) is 0 Å². The summed E-state index contributed by atoms with van der Waals surface area (Å²) in [6.45, 7) is 3.63. The molecule has 0 unspecified atom stereocenters. The van der Waals surface area contributed by atoms with Gasteiger partial charge in [0.15, 0.2) is 4.34 Å². The number of aromatic nitrogens is 2. The van der Waals surface area contributed by atoms with Gasteiger partial charge in [-0.3, -0.25) is 0 Å². The second-order valence-electron chi connectivity index (χ2n) is 3.58. The molecule has 6 heteroatoms. The Morgan fingerprint density at radius 3 is 2.76 bits per heavy atom. The molecule has 2 rings (SSSR count). The number of aliphatic hydroxyl groups excluding tert-OH is 1. The van der Waals surface area contributed by atoms with Gasteiger partial charge in [0.05, 0.1) is 6.10 Å². The number of aliphatic hydroxyl groups is 1. The lowest BCUT2D eigenvalue weighted by Gasteiger charge is -2.07. The van der Waals surface area contributed by atoms with Crippen LogP contribution in [0.2, 0.25) is 0 Å². The minimum absolute atomic E-state index is 0.450. The van der Waals surface area contributed by atoms with E-state index in [1.807, 2.05) is 25.1 Å². The average Bonchev–Trinajstić information content (AvgIpc) is 2.67. The lowest BCUT2D eigenvalue weighted by molar-refractivity contribution is 0.199. The number of hydrogen-bond donors (Lipinski definition) is 1. The molecule has 90 valence electrons. The fourth-order valence-electron chi connectivity index (χ4n) is 1.27. The van der Waals surface area contributed by atoms with Crippen molar-refractivity contribution in [3.05, 3.63) is 34.1 Å². The highest BCUT2D eigenvalue weighted by Crippen LogP contribution is 2.35. The van der Waals surface area contributed by atoms with Crippen molar-refractivity contribution in [1.29, 1.82) is 0 Å². The molecule has 2 aromatic rings. The lowest BCUT2D eigenvalue weighted by atomic mass is 10.1. The van der Waals surface area contributed by atoms with Crippen LogP contribution in [-0.4, -0.2) is 14.5 Å². The zero-order valence-electron chi connectivity index (χ0n) is 9.35. The zero-order chi connectivity index (χ0) is 12.4. The molecule has 0 amide bonds. The van der Waals surface area contributed by atoms with Crippen molar-refractivity contribution in [2.75, 3.05) is 0 Å². The van der Waals surface area contributed by atoms with Gasteiger partial charge in [0.2, 0.25) is 0 Å². The fraction of sp³-hybridized carbons (Fsp3) is 0.273. The van der Waals surface area contributed by atoms with Gasteiger partial charge in [-0.15, -0.1) is 0 Å². The van der Waals surface area contributed by atoms with Crippen molar-refractivity contribution < 1.29 is 5.11 Å². The molecule has 0 spiro atoms. The summed E-state index contributed by atoms with van der Waals surface area (Å²) in [5, 5.41) is 9.48. The van der Waals surface area contributed by atoms with E-state index in [1.54, 1.807) is 18.7 Å². The Hall–Kier alpha value is -0.430. The standard InChI is InChI=1S/C11H11BrN2OS2/c1-6(15)8-3-4-10(9(12)5-8)16-11-13-7(2)14-17-11/h3-6,15H,1-2H3/t6-/m0/s1. The van der Waals surface area contributed by atoms with Crippen molar-refractivity contribution >= 4 is 39.2 Å². The maximum absolute atomic E-state index is 9.48. The summed E-state index contributed by atoms with van der Waals surface area (Å²) in [7, 11) is 0. The van der Waals surface area contributed by atoms with Crippen LogP contribution in [0.25, 0.3) is 0 Å². The van der Waals surface area contributed by atoms with Gasteiger partial charge < -0.3 is 5.11 Å². The molecule has 1 atom stereocenters. The Kier molecular flexibility index (Phi) is 4.19. The Balaban J connectivity index is 2.22. The van der Waals surface area contributed by atoms with E-state index in [4.69, 9.17) is 0 Å². The van der Waals surface area contributed by atoms with E-state index in [0.29, 0.717) is 0 Å². The molecular weight excluding hydrogens is 320 g/mol. The van der Waals surface area contributed by atoms with Crippen molar-refractivity contribution in [2.24, 2.45) is 0 Å². The number of halogens is 1. The fourth-order valence-corrected chi connectivity index (χ4v) is 3.53. The molecule has 1 N–H and O–H groups in total. The van der Waals surface area contributed by atoms with Crippen LogP contribution in [0.5, 0.6) is 0 Å². The number of aryl methyl sites for hydroxylation is 1. The molecule has 1 aromatic heterocycles. The van der Waals surface area contributed by atoms with E-state index in [-0.39, 0.29) is 0 Å². The van der Waals surface area contributed by atoms with Crippen molar-refractivity contribution in [3.8, 4) is 0 Å². The van der Waals surface area contributed by atoms with E-state index in [2.05, 4.69) is 25.3 Å². The molecule has 1 aromatic carbocycles. The molecule has 0 aliphatic carbocycles. The van der Waals surface area contributed by atoms with Gasteiger partial charge in [0, 0.05) is 9.37 Å². The highest BCUT2D eigenvalue weighted by Gasteiger charge is 2.09. The summed E-state index contributed by atoms with van der Waals surface area (Å²) >= 11 is 6.47. The number of nitrogens with zero attached hydrogens (tertiary/aromatic N) is 2. The average molecular weight is 331 g/mol. The number of hydrogen-bond acceptors (Lipinski definition) is 5. The maximum atomic E-state index is 9.48. The predicted molar refractivity (Wildman–Crippen MR) is 73.5 cm³/mol. The minimum atomic E-state index is -0.450. The predicted octanol–water partition coefficient (Wildman–Crippen LogP) is 3.81. The Bertz CT molecular complexity index is 528. The maximum Gasteiger partial charge on any atom is 0.174 e. The third-order valence-corrected chi connectivity index (χ3v) is 4.98. The zero-order valence-corrected chi connectivity index (χ0v) is 12.6. The van der Waals surface area contributed by atoms with E-state index in [1.165, 1.54) is 11.5 Å². The summed E-state index contributed by atoms with van der Waals surface area (Å²) < 4.78 is 6.03. The van der Waals surface area contributed by atoms with Crippen LogP contribution in [0.3, 0.4) is 0 Å². The van der Waals surface area contributed by atoms with E-state index >= 15 is 0 Å². The van der Waals surface area contributed by atoms with Crippen LogP contribution in [0.1, 0.15) is 24.4 Å². The number of rotatable bonds is 3. The first-order chi connectivity index (χ1) is 8.06. The molecule has 0 saturated heterocycles. The van der Waals surface area contributed by atoms with Crippen LogP contribution in [0.15, 0.2) is 31.9 Å². The van der Waals surface area contributed by atoms with Gasteiger partial charge in [-0.1, -0.05) is 17.8 Å². The molecule has 0 radical (unpaired) electrons. The molecule has 3 nitrogen and oxygen atoms in total.